The lowest BCUT2D eigenvalue weighted by Gasteiger charge is -2.22. The number of carbonyl (C=O) groups is 1. The zero-order chi connectivity index (χ0) is 14.4. The number of aromatic nitrogens is 1. The summed E-state index contributed by atoms with van der Waals surface area (Å²) < 4.78 is 5.74. The van der Waals surface area contributed by atoms with E-state index in [-0.39, 0.29) is 16.2 Å². The Bertz CT molecular complexity index is 442. The van der Waals surface area contributed by atoms with Crippen molar-refractivity contribution in [3.05, 3.63) is 28.0 Å². The van der Waals surface area contributed by atoms with Crippen LogP contribution in [0.1, 0.15) is 42.5 Å². The molecule has 0 saturated heterocycles. The largest absolute Gasteiger partial charge is 0.376 e. The number of nitrogens with zero attached hydrogens (tertiary/aromatic N) is 1. The third-order valence-corrected chi connectivity index (χ3v) is 3.71. The van der Waals surface area contributed by atoms with Crippen LogP contribution in [0.2, 0.25) is 10.3 Å². The monoisotopic (exact) mass is 316 g/mol. The molecule has 0 radical (unpaired) electrons. The number of halogens is 2. The molecule has 20 heavy (non-hydrogen) atoms. The van der Waals surface area contributed by atoms with Gasteiger partial charge in [-0.2, -0.15) is 0 Å². The molecule has 0 atom stereocenters. The Kier molecular flexibility index (Phi) is 6.07. The van der Waals surface area contributed by atoms with Crippen LogP contribution in [-0.4, -0.2) is 30.1 Å². The molecule has 110 valence electrons. The smallest absolute Gasteiger partial charge is 0.251 e. The van der Waals surface area contributed by atoms with E-state index in [0.717, 1.165) is 12.8 Å². The first-order valence-electron chi connectivity index (χ1n) is 6.88. The van der Waals surface area contributed by atoms with E-state index in [1.807, 2.05) is 0 Å². The first-order valence-corrected chi connectivity index (χ1v) is 7.63. The summed E-state index contributed by atoms with van der Waals surface area (Å²) in [5.74, 6) is -0.219. The standard InChI is InChI=1S/C14H18Cl2N2O2/c15-12-8-10(9-13(16)18-12)14(19)17-6-7-20-11-4-2-1-3-5-11/h8-9,11H,1-7H2,(H,17,19). The Morgan fingerprint density at radius 3 is 2.55 bits per heavy atom. The number of amides is 1. The van der Waals surface area contributed by atoms with Crippen LogP contribution in [0.5, 0.6) is 0 Å². The van der Waals surface area contributed by atoms with Gasteiger partial charge in [0.25, 0.3) is 5.91 Å². The molecule has 1 heterocycles. The Morgan fingerprint density at radius 1 is 1.25 bits per heavy atom. The molecule has 6 heteroatoms. The summed E-state index contributed by atoms with van der Waals surface area (Å²) in [6.45, 7) is 1.01. The molecule has 0 unspecified atom stereocenters. The normalized spacial score (nSPS) is 16.1. The quantitative estimate of drug-likeness (QED) is 0.668. The summed E-state index contributed by atoms with van der Waals surface area (Å²) in [5.41, 5.74) is 0.410. The van der Waals surface area contributed by atoms with Gasteiger partial charge < -0.3 is 10.1 Å². The van der Waals surface area contributed by atoms with Gasteiger partial charge in [0.15, 0.2) is 0 Å². The highest BCUT2D eigenvalue weighted by Crippen LogP contribution is 2.20. The van der Waals surface area contributed by atoms with Crippen LogP contribution < -0.4 is 5.32 Å². The molecule has 4 nitrogen and oxygen atoms in total. The molecule has 1 amide bonds. The van der Waals surface area contributed by atoms with E-state index in [4.69, 9.17) is 27.9 Å². The number of rotatable bonds is 5. The maximum atomic E-state index is 11.9. The molecular weight excluding hydrogens is 299 g/mol. The second-order valence-corrected chi connectivity index (χ2v) is 5.66. The van der Waals surface area contributed by atoms with Crippen LogP contribution >= 0.6 is 23.2 Å². The molecule has 1 aliphatic carbocycles. The summed E-state index contributed by atoms with van der Waals surface area (Å²) in [6.07, 6.45) is 6.40. The fourth-order valence-electron chi connectivity index (χ4n) is 2.32. The van der Waals surface area contributed by atoms with Gasteiger partial charge in [-0.1, -0.05) is 42.5 Å². The second-order valence-electron chi connectivity index (χ2n) is 4.89. The zero-order valence-corrected chi connectivity index (χ0v) is 12.7. The molecule has 0 spiro atoms. The third kappa shape index (κ3) is 4.93. The van der Waals surface area contributed by atoms with Crippen molar-refractivity contribution in [2.45, 2.75) is 38.2 Å². The van der Waals surface area contributed by atoms with Crippen molar-refractivity contribution in [1.82, 2.24) is 10.3 Å². The van der Waals surface area contributed by atoms with Gasteiger partial charge in [-0.3, -0.25) is 4.79 Å². The van der Waals surface area contributed by atoms with Crippen molar-refractivity contribution < 1.29 is 9.53 Å². The van der Waals surface area contributed by atoms with E-state index in [1.54, 1.807) is 0 Å². The molecule has 1 N–H and O–H groups in total. The minimum Gasteiger partial charge on any atom is -0.376 e. The van der Waals surface area contributed by atoms with E-state index in [9.17, 15) is 4.79 Å². The zero-order valence-electron chi connectivity index (χ0n) is 11.2. The van der Waals surface area contributed by atoms with E-state index in [2.05, 4.69) is 10.3 Å². The Balaban J connectivity index is 1.71. The predicted octanol–water partition coefficient (Wildman–Crippen LogP) is 3.47. The molecule has 1 fully saturated rings. The number of hydrogen-bond acceptors (Lipinski definition) is 3. The Labute approximate surface area is 128 Å². The molecule has 1 aliphatic rings. The summed E-state index contributed by atoms with van der Waals surface area (Å²) in [4.78, 5) is 15.7. The van der Waals surface area contributed by atoms with Crippen LogP contribution in [-0.2, 0) is 4.74 Å². The lowest BCUT2D eigenvalue weighted by molar-refractivity contribution is 0.0299. The molecular formula is C14H18Cl2N2O2. The maximum absolute atomic E-state index is 11.9. The number of nitrogens with one attached hydrogen (secondary N) is 1. The molecule has 1 aromatic heterocycles. The van der Waals surface area contributed by atoms with Gasteiger partial charge in [0, 0.05) is 12.1 Å². The van der Waals surface area contributed by atoms with E-state index in [0.29, 0.717) is 24.8 Å². The van der Waals surface area contributed by atoms with Gasteiger partial charge in [0.1, 0.15) is 10.3 Å². The average Bonchev–Trinajstić information content (AvgIpc) is 2.43. The fourth-order valence-corrected chi connectivity index (χ4v) is 2.78. The number of ether oxygens (including phenoxy) is 1. The third-order valence-electron chi connectivity index (χ3n) is 3.32. The number of pyridine rings is 1. The van der Waals surface area contributed by atoms with Crippen LogP contribution in [0.15, 0.2) is 12.1 Å². The fraction of sp³-hybridized carbons (Fsp3) is 0.571. The van der Waals surface area contributed by atoms with Gasteiger partial charge in [0.05, 0.1) is 12.7 Å². The molecule has 0 aliphatic heterocycles. The minimum atomic E-state index is -0.219. The molecule has 1 saturated carbocycles. The first kappa shape index (κ1) is 15.5. The minimum absolute atomic E-state index is 0.209. The van der Waals surface area contributed by atoms with Crippen molar-refractivity contribution in [1.29, 1.82) is 0 Å². The van der Waals surface area contributed by atoms with Gasteiger partial charge in [-0.25, -0.2) is 4.98 Å². The van der Waals surface area contributed by atoms with Crippen molar-refractivity contribution in [3.8, 4) is 0 Å². The number of hydrogen-bond donors (Lipinski definition) is 1. The van der Waals surface area contributed by atoms with Crippen LogP contribution in [0.25, 0.3) is 0 Å². The lowest BCUT2D eigenvalue weighted by Crippen LogP contribution is -2.29. The highest BCUT2D eigenvalue weighted by molar-refractivity contribution is 6.33. The van der Waals surface area contributed by atoms with Crippen molar-refractivity contribution in [2.24, 2.45) is 0 Å². The topological polar surface area (TPSA) is 51.2 Å². The second kappa shape index (κ2) is 7.81. The summed E-state index contributed by atoms with van der Waals surface area (Å²) in [6, 6.07) is 2.98. The van der Waals surface area contributed by atoms with Crippen molar-refractivity contribution in [2.75, 3.05) is 13.2 Å². The highest BCUT2D eigenvalue weighted by Gasteiger charge is 2.13. The van der Waals surface area contributed by atoms with E-state index < -0.39 is 0 Å². The van der Waals surface area contributed by atoms with Gasteiger partial charge in [0.2, 0.25) is 0 Å². The summed E-state index contributed by atoms with van der Waals surface area (Å²) in [7, 11) is 0. The SMILES string of the molecule is O=C(NCCOC1CCCCC1)c1cc(Cl)nc(Cl)c1. The first-order chi connectivity index (χ1) is 9.65. The van der Waals surface area contributed by atoms with Gasteiger partial charge in [-0.05, 0) is 25.0 Å². The molecule has 0 bridgehead atoms. The van der Waals surface area contributed by atoms with Crippen LogP contribution in [0, 0.1) is 0 Å². The summed E-state index contributed by atoms with van der Waals surface area (Å²) >= 11 is 11.5. The molecule has 0 aromatic carbocycles. The van der Waals surface area contributed by atoms with Crippen molar-refractivity contribution in [3.63, 3.8) is 0 Å². The Morgan fingerprint density at radius 2 is 1.90 bits per heavy atom. The Hall–Kier alpha value is -0.840. The van der Waals surface area contributed by atoms with Crippen LogP contribution in [0.4, 0.5) is 0 Å². The molecule has 1 aromatic rings. The van der Waals surface area contributed by atoms with Crippen molar-refractivity contribution >= 4 is 29.1 Å². The van der Waals surface area contributed by atoms with Gasteiger partial charge in [-0.15, -0.1) is 0 Å². The van der Waals surface area contributed by atoms with E-state index >= 15 is 0 Å². The van der Waals surface area contributed by atoms with E-state index in [1.165, 1.54) is 31.4 Å². The molecule has 2 rings (SSSR count). The van der Waals surface area contributed by atoms with Gasteiger partial charge >= 0.3 is 0 Å². The number of carbonyl (C=O) groups excluding carboxylic acids is 1. The van der Waals surface area contributed by atoms with Crippen LogP contribution in [0.3, 0.4) is 0 Å². The predicted molar refractivity (Wildman–Crippen MR) is 79.4 cm³/mol. The highest BCUT2D eigenvalue weighted by atomic mass is 35.5. The summed E-state index contributed by atoms with van der Waals surface area (Å²) in [5, 5.41) is 3.20. The average molecular weight is 317 g/mol. The lowest BCUT2D eigenvalue weighted by atomic mass is 9.98. The maximum Gasteiger partial charge on any atom is 0.251 e.